The van der Waals surface area contributed by atoms with E-state index in [4.69, 9.17) is 9.47 Å². The van der Waals surface area contributed by atoms with Gasteiger partial charge in [-0.2, -0.15) is 0 Å². The van der Waals surface area contributed by atoms with Crippen molar-refractivity contribution in [3.63, 3.8) is 0 Å². The Kier molecular flexibility index (Phi) is 6.81. The average molecular weight is 441 g/mol. The van der Waals surface area contributed by atoms with Gasteiger partial charge in [-0.3, -0.25) is 9.10 Å². The number of ether oxygens (including phenoxy) is 2. The third-order valence-electron chi connectivity index (χ3n) is 4.75. The Morgan fingerprint density at radius 2 is 1.61 bits per heavy atom. The molecule has 0 radical (unpaired) electrons. The van der Waals surface area contributed by atoms with Crippen molar-refractivity contribution in [1.82, 2.24) is 0 Å². The van der Waals surface area contributed by atoms with Crippen LogP contribution in [0.1, 0.15) is 5.56 Å². The molecule has 0 fully saturated rings. The number of carbonyl (C=O) groups is 1. The van der Waals surface area contributed by atoms with E-state index in [1.54, 1.807) is 79.9 Å². The summed E-state index contributed by atoms with van der Waals surface area (Å²) in [6.07, 6.45) is 0.130. The molecule has 162 valence electrons. The van der Waals surface area contributed by atoms with Crippen LogP contribution in [0.3, 0.4) is 0 Å². The Morgan fingerprint density at radius 3 is 2.23 bits per heavy atom. The molecule has 7 nitrogen and oxygen atoms in total. The van der Waals surface area contributed by atoms with Gasteiger partial charge in [-0.25, -0.2) is 8.42 Å². The van der Waals surface area contributed by atoms with Gasteiger partial charge in [0.15, 0.2) is 0 Å². The normalized spacial score (nSPS) is 10.9. The molecule has 0 aliphatic rings. The molecule has 0 spiro atoms. The predicted molar refractivity (Wildman–Crippen MR) is 120 cm³/mol. The van der Waals surface area contributed by atoms with Crippen molar-refractivity contribution in [3.05, 3.63) is 78.4 Å². The maximum Gasteiger partial charge on any atom is 0.264 e. The van der Waals surface area contributed by atoms with Crippen LogP contribution < -0.4 is 19.1 Å². The summed E-state index contributed by atoms with van der Waals surface area (Å²) in [7, 11) is 0.920. The molecular weight excluding hydrogens is 416 g/mol. The van der Waals surface area contributed by atoms with E-state index in [9.17, 15) is 13.2 Å². The Morgan fingerprint density at radius 1 is 0.935 bits per heavy atom. The van der Waals surface area contributed by atoms with Crippen LogP contribution in [0.4, 0.5) is 11.4 Å². The molecule has 0 saturated carbocycles. The van der Waals surface area contributed by atoms with Crippen molar-refractivity contribution in [3.8, 4) is 11.5 Å². The fraction of sp³-hybridized carbons (Fsp3) is 0.174. The summed E-state index contributed by atoms with van der Waals surface area (Å²) < 4.78 is 37.2. The molecule has 3 aromatic rings. The highest BCUT2D eigenvalue weighted by Crippen LogP contribution is 2.29. The van der Waals surface area contributed by atoms with E-state index >= 15 is 0 Å². The van der Waals surface area contributed by atoms with Gasteiger partial charge < -0.3 is 14.8 Å². The van der Waals surface area contributed by atoms with Crippen LogP contribution in [-0.4, -0.2) is 35.6 Å². The molecule has 1 N–H and O–H groups in total. The number of carbonyl (C=O) groups excluding carboxylic acids is 1. The molecule has 31 heavy (non-hydrogen) atoms. The van der Waals surface area contributed by atoms with E-state index in [2.05, 4.69) is 5.32 Å². The van der Waals surface area contributed by atoms with Gasteiger partial charge in [0, 0.05) is 13.1 Å². The second kappa shape index (κ2) is 9.53. The van der Waals surface area contributed by atoms with E-state index in [1.165, 1.54) is 18.5 Å². The van der Waals surface area contributed by atoms with Crippen molar-refractivity contribution in [2.24, 2.45) is 0 Å². The number of nitrogens with one attached hydrogen (secondary N) is 1. The SMILES string of the molecule is COc1ccc(NC(=O)Cc2ccc(N(C)S(=O)(=O)c3ccccc3)cc2)c(OC)c1. The van der Waals surface area contributed by atoms with Crippen molar-refractivity contribution in [2.45, 2.75) is 11.3 Å². The topological polar surface area (TPSA) is 84.9 Å². The highest BCUT2D eigenvalue weighted by Gasteiger charge is 2.20. The van der Waals surface area contributed by atoms with Crippen LogP contribution in [0, 0.1) is 0 Å². The summed E-state index contributed by atoms with van der Waals surface area (Å²) in [5.41, 5.74) is 1.79. The number of benzene rings is 3. The molecule has 0 atom stereocenters. The van der Waals surface area contributed by atoms with Gasteiger partial charge in [-0.05, 0) is 42.0 Å². The lowest BCUT2D eigenvalue weighted by Gasteiger charge is -2.19. The molecule has 3 rings (SSSR count). The summed E-state index contributed by atoms with van der Waals surface area (Å²) in [6.45, 7) is 0. The van der Waals surface area contributed by atoms with E-state index in [1.807, 2.05) is 0 Å². The fourth-order valence-corrected chi connectivity index (χ4v) is 4.21. The molecule has 0 unspecified atom stereocenters. The molecule has 0 heterocycles. The lowest BCUT2D eigenvalue weighted by molar-refractivity contribution is -0.115. The zero-order valence-corrected chi connectivity index (χ0v) is 18.3. The first kappa shape index (κ1) is 22.2. The van der Waals surface area contributed by atoms with Crippen molar-refractivity contribution in [2.75, 3.05) is 30.9 Å². The molecule has 0 aromatic heterocycles. The van der Waals surface area contributed by atoms with Crippen molar-refractivity contribution in [1.29, 1.82) is 0 Å². The zero-order valence-electron chi connectivity index (χ0n) is 17.5. The van der Waals surface area contributed by atoms with Crippen LogP contribution in [0.5, 0.6) is 11.5 Å². The standard InChI is InChI=1S/C23H24N2O5S/c1-25(31(27,28)20-7-5-4-6-8-20)18-11-9-17(10-12-18)15-23(26)24-21-14-13-19(29-2)16-22(21)30-3/h4-14,16H,15H2,1-3H3,(H,24,26). The highest BCUT2D eigenvalue weighted by atomic mass is 32.2. The van der Waals surface area contributed by atoms with Gasteiger partial charge in [0.25, 0.3) is 10.0 Å². The van der Waals surface area contributed by atoms with Gasteiger partial charge in [-0.15, -0.1) is 0 Å². The zero-order chi connectivity index (χ0) is 22.4. The van der Waals surface area contributed by atoms with Gasteiger partial charge >= 0.3 is 0 Å². The third-order valence-corrected chi connectivity index (χ3v) is 6.55. The fourth-order valence-electron chi connectivity index (χ4n) is 2.99. The van der Waals surface area contributed by atoms with Crippen molar-refractivity contribution < 1.29 is 22.7 Å². The molecule has 1 amide bonds. The molecule has 0 saturated heterocycles. The maximum atomic E-state index is 12.7. The first-order chi connectivity index (χ1) is 14.8. The Bertz CT molecular complexity index is 1150. The van der Waals surface area contributed by atoms with Gasteiger partial charge in [-0.1, -0.05) is 30.3 Å². The van der Waals surface area contributed by atoms with Gasteiger partial charge in [0.2, 0.25) is 5.91 Å². The highest BCUT2D eigenvalue weighted by molar-refractivity contribution is 7.92. The smallest absolute Gasteiger partial charge is 0.264 e. The molecule has 0 aliphatic heterocycles. The third kappa shape index (κ3) is 5.16. The van der Waals surface area contributed by atoms with Gasteiger partial charge in [0.1, 0.15) is 11.5 Å². The van der Waals surface area contributed by atoms with Gasteiger partial charge in [0.05, 0.1) is 36.9 Å². The Labute approximate surface area is 182 Å². The quantitative estimate of drug-likeness (QED) is 0.577. The maximum absolute atomic E-state index is 12.7. The first-order valence-electron chi connectivity index (χ1n) is 9.50. The second-order valence-electron chi connectivity index (χ2n) is 6.74. The predicted octanol–water partition coefficient (Wildman–Crippen LogP) is 3.71. The van der Waals surface area contributed by atoms with E-state index < -0.39 is 10.0 Å². The van der Waals surface area contributed by atoms with Crippen LogP contribution in [0.2, 0.25) is 0 Å². The summed E-state index contributed by atoms with van der Waals surface area (Å²) in [6, 6.07) is 20.2. The lowest BCUT2D eigenvalue weighted by Crippen LogP contribution is -2.26. The van der Waals surface area contributed by atoms with Crippen LogP contribution in [0.15, 0.2) is 77.7 Å². The first-order valence-corrected chi connectivity index (χ1v) is 10.9. The van der Waals surface area contributed by atoms with E-state index in [0.29, 0.717) is 22.9 Å². The molecule has 0 bridgehead atoms. The van der Waals surface area contributed by atoms with Crippen LogP contribution in [-0.2, 0) is 21.2 Å². The number of nitrogens with zero attached hydrogens (tertiary/aromatic N) is 1. The van der Waals surface area contributed by atoms with Crippen LogP contribution in [0.25, 0.3) is 0 Å². The molecule has 3 aromatic carbocycles. The minimum atomic E-state index is -3.65. The molecular formula is C23H24N2O5S. The summed E-state index contributed by atoms with van der Waals surface area (Å²) in [5.74, 6) is 0.900. The number of sulfonamides is 1. The summed E-state index contributed by atoms with van der Waals surface area (Å²) in [5, 5.41) is 2.82. The molecule has 0 aliphatic carbocycles. The molecule has 8 heteroatoms. The summed E-state index contributed by atoms with van der Waals surface area (Å²) >= 11 is 0. The number of anilines is 2. The van der Waals surface area contributed by atoms with E-state index in [-0.39, 0.29) is 17.2 Å². The van der Waals surface area contributed by atoms with E-state index in [0.717, 1.165) is 5.56 Å². The number of methoxy groups -OCH3 is 2. The average Bonchev–Trinajstić information content (AvgIpc) is 2.79. The van der Waals surface area contributed by atoms with Crippen molar-refractivity contribution >= 4 is 27.3 Å². The number of hydrogen-bond donors (Lipinski definition) is 1. The lowest BCUT2D eigenvalue weighted by atomic mass is 10.1. The number of hydrogen-bond acceptors (Lipinski definition) is 5. The second-order valence-corrected chi connectivity index (χ2v) is 8.71. The Hall–Kier alpha value is -3.52. The largest absolute Gasteiger partial charge is 0.497 e. The minimum absolute atomic E-state index is 0.130. The van der Waals surface area contributed by atoms with Crippen LogP contribution >= 0.6 is 0 Å². The number of amides is 1. The minimum Gasteiger partial charge on any atom is -0.497 e. The summed E-state index contributed by atoms with van der Waals surface area (Å²) in [4.78, 5) is 12.7. The Balaban J connectivity index is 1.69. The monoisotopic (exact) mass is 440 g/mol. The number of rotatable bonds is 8.